The number of hydrogen-bond donors (Lipinski definition) is 0. The van der Waals surface area contributed by atoms with E-state index >= 15 is 0 Å². The fourth-order valence-electron chi connectivity index (χ4n) is 1.00. The van der Waals surface area contributed by atoms with E-state index in [0.717, 1.165) is 10.0 Å². The summed E-state index contributed by atoms with van der Waals surface area (Å²) >= 11 is 1.57. The second-order valence-corrected chi connectivity index (χ2v) is 4.04. The largest absolute Gasteiger partial charge is 0.480 e. The molecule has 1 heterocycles. The molecule has 0 saturated heterocycles. The fraction of sp³-hybridized carbons (Fsp3) is 0.556. The van der Waals surface area contributed by atoms with Crippen LogP contribution in [0.5, 0.6) is 5.88 Å². The van der Waals surface area contributed by atoms with E-state index in [4.69, 9.17) is 10.00 Å². The van der Waals surface area contributed by atoms with Gasteiger partial charge >= 0.3 is 0 Å². The van der Waals surface area contributed by atoms with Gasteiger partial charge in [0.25, 0.3) is 0 Å². The van der Waals surface area contributed by atoms with Gasteiger partial charge in [0, 0.05) is 26.9 Å². The second kappa shape index (κ2) is 4.82. The molecule has 0 amide bonds. The third kappa shape index (κ3) is 2.36. The summed E-state index contributed by atoms with van der Waals surface area (Å²) < 4.78 is 5.14. The van der Waals surface area contributed by atoms with Crippen molar-refractivity contribution >= 4 is 16.5 Å². The predicted molar refractivity (Wildman–Crippen MR) is 56.9 cm³/mol. The molecule has 0 aliphatic carbocycles. The molecule has 0 saturated carbocycles. The third-order valence-corrected chi connectivity index (χ3v) is 2.95. The Kier molecular flexibility index (Phi) is 3.72. The van der Waals surface area contributed by atoms with Crippen molar-refractivity contribution in [2.24, 2.45) is 0 Å². The van der Waals surface area contributed by atoms with E-state index in [9.17, 15) is 0 Å². The minimum Gasteiger partial charge on any atom is -0.480 e. The van der Waals surface area contributed by atoms with Crippen LogP contribution < -0.4 is 9.64 Å². The lowest BCUT2D eigenvalue weighted by molar-refractivity contribution is 0.396. The van der Waals surface area contributed by atoms with Crippen LogP contribution in [0.1, 0.15) is 11.3 Å². The quantitative estimate of drug-likeness (QED) is 0.760. The lowest BCUT2D eigenvalue weighted by Gasteiger charge is -2.04. The number of anilines is 1. The number of nitrogens with zero attached hydrogens (tertiary/aromatic N) is 3. The molecule has 1 aromatic rings. The van der Waals surface area contributed by atoms with Crippen LogP contribution in [-0.4, -0.2) is 26.2 Å². The van der Waals surface area contributed by atoms with Crippen LogP contribution in [0.15, 0.2) is 0 Å². The van der Waals surface area contributed by atoms with Gasteiger partial charge in [-0.3, -0.25) is 0 Å². The van der Waals surface area contributed by atoms with Crippen molar-refractivity contribution in [3.8, 4) is 11.9 Å². The number of nitriles is 1. The number of aromatic nitrogens is 1. The molecule has 0 bridgehead atoms. The van der Waals surface area contributed by atoms with Crippen LogP contribution in [0.25, 0.3) is 0 Å². The Bertz CT molecular complexity index is 340. The number of rotatable bonds is 4. The number of thiazole rings is 1. The van der Waals surface area contributed by atoms with E-state index < -0.39 is 0 Å². The van der Waals surface area contributed by atoms with Crippen LogP contribution in [0, 0.1) is 11.3 Å². The molecule has 1 aromatic heterocycles. The normalized spacial score (nSPS) is 9.57. The molecular weight excluding hydrogens is 198 g/mol. The van der Waals surface area contributed by atoms with Gasteiger partial charge in [-0.25, -0.2) is 0 Å². The van der Waals surface area contributed by atoms with Gasteiger partial charge in [-0.1, -0.05) is 11.3 Å². The van der Waals surface area contributed by atoms with Gasteiger partial charge in [-0.15, -0.1) is 0 Å². The van der Waals surface area contributed by atoms with E-state index in [1.54, 1.807) is 18.4 Å². The first-order chi connectivity index (χ1) is 6.69. The maximum Gasteiger partial charge on any atom is 0.229 e. The van der Waals surface area contributed by atoms with Crippen molar-refractivity contribution in [3.63, 3.8) is 0 Å². The van der Waals surface area contributed by atoms with Crippen molar-refractivity contribution < 1.29 is 4.74 Å². The zero-order chi connectivity index (χ0) is 10.6. The summed E-state index contributed by atoms with van der Waals surface area (Å²) in [7, 11) is 5.48. The number of ether oxygens (including phenoxy) is 1. The molecular formula is C9H13N3OS. The van der Waals surface area contributed by atoms with Crippen LogP contribution in [0.4, 0.5) is 5.13 Å². The molecule has 0 unspecified atom stereocenters. The first kappa shape index (κ1) is 10.8. The van der Waals surface area contributed by atoms with E-state index in [-0.39, 0.29) is 0 Å². The average Bonchev–Trinajstić information content (AvgIpc) is 2.57. The molecule has 1 rings (SSSR count). The van der Waals surface area contributed by atoms with E-state index in [2.05, 4.69) is 11.1 Å². The molecule has 0 radical (unpaired) electrons. The Morgan fingerprint density at radius 2 is 2.29 bits per heavy atom. The topological polar surface area (TPSA) is 49.1 Å². The van der Waals surface area contributed by atoms with Gasteiger partial charge in [0.15, 0.2) is 5.13 Å². The standard InChI is InChI=1S/C9H13N3OS/c1-12(2)9-11-8(13-3)7(14-9)5-4-6-10/h4-5H2,1-3H3. The van der Waals surface area contributed by atoms with Crippen molar-refractivity contribution in [3.05, 3.63) is 4.88 Å². The van der Waals surface area contributed by atoms with Gasteiger partial charge in [-0.05, 0) is 0 Å². The molecule has 0 aliphatic heterocycles. The van der Waals surface area contributed by atoms with Gasteiger partial charge in [-0.2, -0.15) is 10.2 Å². The first-order valence-corrected chi connectivity index (χ1v) is 5.08. The summed E-state index contributed by atoms with van der Waals surface area (Å²) in [5.41, 5.74) is 0. The molecule has 4 nitrogen and oxygen atoms in total. The lowest BCUT2D eigenvalue weighted by Crippen LogP contribution is -2.07. The molecule has 0 N–H and O–H groups in total. The average molecular weight is 211 g/mol. The van der Waals surface area contributed by atoms with Crippen molar-refractivity contribution in [2.75, 3.05) is 26.1 Å². The molecule has 14 heavy (non-hydrogen) atoms. The summed E-state index contributed by atoms with van der Waals surface area (Å²) in [5.74, 6) is 0.647. The van der Waals surface area contributed by atoms with Crippen LogP contribution in [0.2, 0.25) is 0 Å². The van der Waals surface area contributed by atoms with Crippen LogP contribution in [0.3, 0.4) is 0 Å². The summed E-state index contributed by atoms with van der Waals surface area (Å²) in [6.07, 6.45) is 1.22. The number of hydrogen-bond acceptors (Lipinski definition) is 5. The Morgan fingerprint density at radius 1 is 1.57 bits per heavy atom. The van der Waals surface area contributed by atoms with Crippen molar-refractivity contribution in [1.29, 1.82) is 5.26 Å². The summed E-state index contributed by atoms with van der Waals surface area (Å²) in [6, 6.07) is 2.12. The monoisotopic (exact) mass is 211 g/mol. The molecule has 0 fully saturated rings. The van der Waals surface area contributed by atoms with Crippen molar-refractivity contribution in [1.82, 2.24) is 4.98 Å². The fourth-order valence-corrected chi connectivity index (χ4v) is 1.96. The van der Waals surface area contributed by atoms with E-state index in [1.165, 1.54) is 0 Å². The summed E-state index contributed by atoms with van der Waals surface area (Å²) in [4.78, 5) is 7.27. The Morgan fingerprint density at radius 3 is 2.79 bits per heavy atom. The maximum atomic E-state index is 8.49. The molecule has 0 aromatic carbocycles. The molecule has 0 spiro atoms. The van der Waals surface area contributed by atoms with Gasteiger partial charge in [0.05, 0.1) is 18.1 Å². The smallest absolute Gasteiger partial charge is 0.229 e. The number of methoxy groups -OCH3 is 1. The third-order valence-electron chi connectivity index (χ3n) is 1.69. The lowest BCUT2D eigenvalue weighted by atomic mass is 10.3. The van der Waals surface area contributed by atoms with Gasteiger partial charge in [0.2, 0.25) is 5.88 Å². The Balaban J connectivity index is 2.86. The van der Waals surface area contributed by atoms with Gasteiger partial charge < -0.3 is 9.64 Å². The highest BCUT2D eigenvalue weighted by Crippen LogP contribution is 2.31. The summed E-state index contributed by atoms with van der Waals surface area (Å²) in [5, 5.41) is 9.40. The van der Waals surface area contributed by atoms with Crippen LogP contribution in [-0.2, 0) is 6.42 Å². The van der Waals surface area contributed by atoms with Crippen LogP contribution >= 0.6 is 11.3 Å². The van der Waals surface area contributed by atoms with E-state index in [0.29, 0.717) is 18.7 Å². The zero-order valence-corrected chi connectivity index (χ0v) is 9.39. The van der Waals surface area contributed by atoms with Crippen molar-refractivity contribution in [2.45, 2.75) is 12.8 Å². The highest BCUT2D eigenvalue weighted by Gasteiger charge is 2.12. The second-order valence-electron chi connectivity index (χ2n) is 2.98. The zero-order valence-electron chi connectivity index (χ0n) is 8.57. The summed E-state index contributed by atoms with van der Waals surface area (Å²) in [6.45, 7) is 0. The molecule has 76 valence electrons. The first-order valence-electron chi connectivity index (χ1n) is 4.27. The molecule has 0 atom stereocenters. The maximum absolute atomic E-state index is 8.49. The minimum atomic E-state index is 0.505. The SMILES string of the molecule is COc1nc(N(C)C)sc1CCC#N. The minimum absolute atomic E-state index is 0.505. The van der Waals surface area contributed by atoms with Gasteiger partial charge in [0.1, 0.15) is 0 Å². The Hall–Kier alpha value is -1.28. The predicted octanol–water partition coefficient (Wildman–Crippen LogP) is 1.67. The molecule has 0 aliphatic rings. The highest BCUT2D eigenvalue weighted by molar-refractivity contribution is 7.15. The number of aryl methyl sites for hydroxylation is 1. The Labute approximate surface area is 87.7 Å². The highest BCUT2D eigenvalue weighted by atomic mass is 32.1. The molecule has 5 heteroatoms. The van der Waals surface area contributed by atoms with E-state index in [1.807, 2.05) is 19.0 Å².